The first-order chi connectivity index (χ1) is 17.6. The molecule has 37 heavy (non-hydrogen) atoms. The van der Waals surface area contributed by atoms with Gasteiger partial charge in [-0.25, -0.2) is 0 Å². The molecule has 0 radical (unpaired) electrons. The van der Waals surface area contributed by atoms with Crippen LogP contribution < -0.4 is 9.47 Å². The Kier molecular flexibility index (Phi) is 10.1. The largest absolute Gasteiger partial charge is 0.491 e. The highest BCUT2D eigenvalue weighted by Gasteiger charge is 2.40. The normalized spacial score (nSPS) is 15.4. The minimum atomic E-state index is -0.0500. The molecule has 0 spiro atoms. The van der Waals surface area contributed by atoms with Crippen molar-refractivity contribution in [2.24, 2.45) is 0 Å². The Morgan fingerprint density at radius 2 is 0.892 bits per heavy atom. The molecule has 2 aromatic rings. The number of hydrogen-bond donors (Lipinski definition) is 2. The average molecular weight is 511 g/mol. The molecule has 2 N–H and O–H groups in total. The molecule has 3 rings (SSSR count). The predicted molar refractivity (Wildman–Crippen MR) is 154 cm³/mol. The van der Waals surface area contributed by atoms with E-state index in [1.807, 2.05) is 0 Å². The molecule has 0 aromatic heterocycles. The maximum atomic E-state index is 9.47. The summed E-state index contributed by atoms with van der Waals surface area (Å²) in [6.45, 7) is 18.5. The Morgan fingerprint density at radius 1 is 0.595 bits per heavy atom. The standard InChI is InChI=1S/C33H50O4/c1-21(2)27-17-25(18-28(22(3)4)31(27)36-15-13-34)33(11-9-10-12-33)26-19-29(23(5)6)32(37-16-14-35)30(20-26)24(7)8/h17-24,34-35H,9-16H2,1-8H3. The zero-order chi connectivity index (χ0) is 27.3. The summed E-state index contributed by atoms with van der Waals surface area (Å²) in [5, 5.41) is 18.9. The second-order valence-electron chi connectivity index (χ2n) is 12.0. The fourth-order valence-corrected chi connectivity index (χ4v) is 5.97. The van der Waals surface area contributed by atoms with E-state index in [2.05, 4.69) is 79.7 Å². The topological polar surface area (TPSA) is 58.9 Å². The van der Waals surface area contributed by atoms with Gasteiger partial charge in [-0.3, -0.25) is 0 Å². The van der Waals surface area contributed by atoms with E-state index in [4.69, 9.17) is 9.47 Å². The van der Waals surface area contributed by atoms with Gasteiger partial charge < -0.3 is 19.7 Å². The fourth-order valence-electron chi connectivity index (χ4n) is 5.97. The lowest BCUT2D eigenvalue weighted by Gasteiger charge is -2.35. The number of hydrogen-bond acceptors (Lipinski definition) is 4. The number of ether oxygens (including phenoxy) is 2. The highest BCUT2D eigenvalue weighted by Crippen LogP contribution is 2.51. The molecule has 0 bridgehead atoms. The second-order valence-corrected chi connectivity index (χ2v) is 12.0. The smallest absolute Gasteiger partial charge is 0.126 e. The molecule has 0 amide bonds. The Morgan fingerprint density at radius 3 is 1.14 bits per heavy atom. The first-order valence-corrected chi connectivity index (χ1v) is 14.4. The molecule has 1 aliphatic rings. The average Bonchev–Trinajstić information content (AvgIpc) is 3.36. The summed E-state index contributed by atoms with van der Waals surface area (Å²) in [5.74, 6) is 3.17. The van der Waals surface area contributed by atoms with Gasteiger partial charge in [-0.05, 0) is 69.9 Å². The predicted octanol–water partition coefficient (Wildman–Crippen LogP) is 7.78. The van der Waals surface area contributed by atoms with Crippen LogP contribution in [0.2, 0.25) is 0 Å². The number of benzene rings is 2. The van der Waals surface area contributed by atoms with Crippen LogP contribution in [0.3, 0.4) is 0 Å². The Labute approximate surface area is 225 Å². The molecule has 4 heteroatoms. The third-order valence-electron chi connectivity index (χ3n) is 8.02. The zero-order valence-corrected chi connectivity index (χ0v) is 24.5. The van der Waals surface area contributed by atoms with Crippen molar-refractivity contribution in [2.45, 2.75) is 110 Å². The summed E-state index contributed by atoms with van der Waals surface area (Å²) in [4.78, 5) is 0. The molecule has 1 saturated carbocycles. The number of rotatable bonds is 12. The molecular formula is C33H50O4. The van der Waals surface area contributed by atoms with Crippen LogP contribution in [0.1, 0.15) is 138 Å². The van der Waals surface area contributed by atoms with Crippen molar-refractivity contribution in [2.75, 3.05) is 26.4 Å². The molecule has 0 heterocycles. The van der Waals surface area contributed by atoms with Crippen molar-refractivity contribution in [3.8, 4) is 11.5 Å². The van der Waals surface area contributed by atoms with E-state index in [0.717, 1.165) is 24.3 Å². The van der Waals surface area contributed by atoms with Crippen molar-refractivity contribution >= 4 is 0 Å². The van der Waals surface area contributed by atoms with Gasteiger partial charge in [0.1, 0.15) is 24.7 Å². The summed E-state index contributed by atoms with van der Waals surface area (Å²) >= 11 is 0. The van der Waals surface area contributed by atoms with Gasteiger partial charge in [0.15, 0.2) is 0 Å². The van der Waals surface area contributed by atoms with E-state index in [9.17, 15) is 10.2 Å². The van der Waals surface area contributed by atoms with E-state index < -0.39 is 0 Å². The van der Waals surface area contributed by atoms with Crippen molar-refractivity contribution < 1.29 is 19.7 Å². The third kappa shape index (κ3) is 6.17. The van der Waals surface area contributed by atoms with Crippen molar-refractivity contribution in [1.82, 2.24) is 0 Å². The Hall–Kier alpha value is -2.04. The van der Waals surface area contributed by atoms with Gasteiger partial charge in [-0.15, -0.1) is 0 Å². The summed E-state index contributed by atoms with van der Waals surface area (Å²) in [6, 6.07) is 9.59. The molecule has 1 aliphatic carbocycles. The molecule has 206 valence electrons. The van der Waals surface area contributed by atoms with Crippen LogP contribution in [-0.2, 0) is 5.41 Å². The van der Waals surface area contributed by atoms with Crippen LogP contribution in [0, 0.1) is 0 Å². The van der Waals surface area contributed by atoms with Crippen LogP contribution in [-0.4, -0.2) is 36.6 Å². The first-order valence-electron chi connectivity index (χ1n) is 14.4. The fraction of sp³-hybridized carbons (Fsp3) is 0.636. The maximum Gasteiger partial charge on any atom is 0.126 e. The Bertz CT molecular complexity index is 893. The van der Waals surface area contributed by atoms with Gasteiger partial charge in [0.2, 0.25) is 0 Å². The second kappa shape index (κ2) is 12.7. The summed E-state index contributed by atoms with van der Waals surface area (Å²) in [5.41, 5.74) is 7.67. The number of aliphatic hydroxyl groups is 2. The maximum absolute atomic E-state index is 9.47. The van der Waals surface area contributed by atoms with E-state index in [1.165, 1.54) is 46.2 Å². The van der Waals surface area contributed by atoms with Crippen LogP contribution in [0.15, 0.2) is 24.3 Å². The lowest BCUT2D eigenvalue weighted by Crippen LogP contribution is -2.26. The Balaban J connectivity index is 2.31. The summed E-state index contributed by atoms with van der Waals surface area (Å²) < 4.78 is 12.3. The van der Waals surface area contributed by atoms with Gasteiger partial charge in [-0.2, -0.15) is 0 Å². The summed E-state index contributed by atoms with van der Waals surface area (Å²) in [7, 11) is 0. The van der Waals surface area contributed by atoms with Gasteiger partial charge in [0, 0.05) is 5.41 Å². The van der Waals surface area contributed by atoms with E-state index >= 15 is 0 Å². The zero-order valence-electron chi connectivity index (χ0n) is 24.5. The summed E-state index contributed by atoms with van der Waals surface area (Å²) in [6.07, 6.45) is 4.69. The third-order valence-corrected chi connectivity index (χ3v) is 8.02. The van der Waals surface area contributed by atoms with Gasteiger partial charge in [-0.1, -0.05) is 92.5 Å². The van der Waals surface area contributed by atoms with Crippen molar-refractivity contribution in [3.05, 3.63) is 57.6 Å². The lowest BCUT2D eigenvalue weighted by molar-refractivity contribution is 0.198. The van der Waals surface area contributed by atoms with E-state index in [0.29, 0.717) is 36.9 Å². The van der Waals surface area contributed by atoms with Crippen LogP contribution in [0.4, 0.5) is 0 Å². The van der Waals surface area contributed by atoms with Crippen LogP contribution >= 0.6 is 0 Å². The van der Waals surface area contributed by atoms with Crippen LogP contribution in [0.25, 0.3) is 0 Å². The van der Waals surface area contributed by atoms with E-state index in [1.54, 1.807) is 0 Å². The lowest BCUT2D eigenvalue weighted by atomic mass is 9.70. The van der Waals surface area contributed by atoms with Gasteiger partial charge >= 0.3 is 0 Å². The van der Waals surface area contributed by atoms with Crippen molar-refractivity contribution in [1.29, 1.82) is 0 Å². The van der Waals surface area contributed by atoms with Gasteiger partial charge in [0.05, 0.1) is 13.2 Å². The molecule has 0 atom stereocenters. The SMILES string of the molecule is CC(C)c1cc(C2(c3cc(C(C)C)c(OCCO)c(C(C)C)c3)CCCC2)cc(C(C)C)c1OCCO. The molecule has 4 nitrogen and oxygen atoms in total. The molecule has 0 saturated heterocycles. The highest BCUT2D eigenvalue weighted by atomic mass is 16.5. The number of aliphatic hydroxyl groups excluding tert-OH is 2. The van der Waals surface area contributed by atoms with Crippen LogP contribution in [0.5, 0.6) is 11.5 Å². The molecular weight excluding hydrogens is 460 g/mol. The van der Waals surface area contributed by atoms with Gasteiger partial charge in [0.25, 0.3) is 0 Å². The first kappa shape index (κ1) is 29.5. The van der Waals surface area contributed by atoms with E-state index in [-0.39, 0.29) is 18.6 Å². The molecule has 0 unspecified atom stereocenters. The minimum Gasteiger partial charge on any atom is -0.491 e. The quantitative estimate of drug-likeness (QED) is 0.306. The molecule has 1 fully saturated rings. The highest BCUT2D eigenvalue weighted by molar-refractivity contribution is 5.56. The minimum absolute atomic E-state index is 0.0153. The molecule has 2 aromatic carbocycles. The molecule has 0 aliphatic heterocycles. The monoisotopic (exact) mass is 510 g/mol. The van der Waals surface area contributed by atoms with Crippen molar-refractivity contribution in [3.63, 3.8) is 0 Å².